The van der Waals surface area contributed by atoms with E-state index in [1.54, 1.807) is 0 Å². The van der Waals surface area contributed by atoms with Gasteiger partial charge in [-0.25, -0.2) is 0 Å². The second-order valence-corrected chi connectivity index (χ2v) is 2.33. The minimum Gasteiger partial charge on any atom is -0.394 e. The van der Waals surface area contributed by atoms with Gasteiger partial charge in [0.15, 0.2) is 0 Å². The summed E-state index contributed by atoms with van der Waals surface area (Å²) < 4.78 is 10.4. The molecule has 0 spiro atoms. The third-order valence-electron chi connectivity index (χ3n) is 1.50. The number of ether oxygens (including phenoxy) is 2. The van der Waals surface area contributed by atoms with Gasteiger partial charge in [-0.05, 0) is 0 Å². The van der Waals surface area contributed by atoms with E-state index in [1.165, 1.54) is 0 Å². The number of aliphatic hydroxyl groups is 1. The van der Waals surface area contributed by atoms with Gasteiger partial charge in [0.25, 0.3) is 0 Å². The summed E-state index contributed by atoms with van der Waals surface area (Å²) in [6.07, 6.45) is -0.134. The average Bonchev–Trinajstić information content (AvgIpc) is 2.05. The van der Waals surface area contributed by atoms with E-state index in [1.807, 2.05) is 0 Å². The molecule has 2 atom stereocenters. The molecule has 2 unspecified atom stereocenters. The Hall–Kier alpha value is -0.160. The molecule has 0 saturated carbocycles. The predicted octanol–water partition coefficient (Wildman–Crippen LogP) is -1.28. The van der Waals surface area contributed by atoms with Crippen LogP contribution in [0.2, 0.25) is 0 Å². The van der Waals surface area contributed by atoms with Gasteiger partial charge in [0.2, 0.25) is 0 Å². The second-order valence-electron chi connectivity index (χ2n) is 2.33. The van der Waals surface area contributed by atoms with Crippen molar-refractivity contribution >= 4 is 0 Å². The molecular formula is C6H13NO3. The Morgan fingerprint density at radius 3 is 2.30 bits per heavy atom. The molecule has 1 saturated heterocycles. The zero-order chi connectivity index (χ0) is 7.40. The third kappa shape index (κ3) is 1.91. The standard InChI is InChI=1S/C6H13NO3/c7-1-5-3-10-6(2-8)4-9-5/h5-6,8H,1-4,7H2. The van der Waals surface area contributed by atoms with Crippen LogP contribution in [0.1, 0.15) is 0 Å². The lowest BCUT2D eigenvalue weighted by atomic mass is 10.3. The summed E-state index contributed by atoms with van der Waals surface area (Å²) in [5, 5.41) is 8.61. The topological polar surface area (TPSA) is 64.7 Å². The van der Waals surface area contributed by atoms with E-state index in [-0.39, 0.29) is 18.8 Å². The fraction of sp³-hybridized carbons (Fsp3) is 1.00. The van der Waals surface area contributed by atoms with E-state index in [0.717, 1.165) is 0 Å². The van der Waals surface area contributed by atoms with Crippen molar-refractivity contribution in [2.24, 2.45) is 5.73 Å². The first-order chi connectivity index (χ1) is 4.86. The number of rotatable bonds is 2. The van der Waals surface area contributed by atoms with Crippen LogP contribution in [0, 0.1) is 0 Å². The molecule has 4 heteroatoms. The van der Waals surface area contributed by atoms with Crippen LogP contribution in [-0.2, 0) is 9.47 Å². The van der Waals surface area contributed by atoms with Crippen molar-refractivity contribution in [1.29, 1.82) is 0 Å². The minimum absolute atomic E-state index is 0.0165. The van der Waals surface area contributed by atoms with Gasteiger partial charge in [-0.2, -0.15) is 0 Å². The molecule has 0 aromatic carbocycles. The summed E-state index contributed by atoms with van der Waals surface area (Å²) in [6.45, 7) is 1.47. The lowest BCUT2D eigenvalue weighted by Crippen LogP contribution is -2.41. The Labute approximate surface area is 59.9 Å². The molecule has 10 heavy (non-hydrogen) atoms. The number of aliphatic hydroxyl groups excluding tert-OH is 1. The molecule has 1 fully saturated rings. The normalized spacial score (nSPS) is 34.2. The Morgan fingerprint density at radius 1 is 1.30 bits per heavy atom. The van der Waals surface area contributed by atoms with Crippen LogP contribution in [-0.4, -0.2) is 43.7 Å². The van der Waals surface area contributed by atoms with Crippen molar-refractivity contribution in [1.82, 2.24) is 0 Å². The smallest absolute Gasteiger partial charge is 0.104 e. The Morgan fingerprint density at radius 2 is 1.90 bits per heavy atom. The molecule has 0 aromatic rings. The van der Waals surface area contributed by atoms with Gasteiger partial charge in [-0.3, -0.25) is 0 Å². The van der Waals surface area contributed by atoms with Crippen molar-refractivity contribution in [3.05, 3.63) is 0 Å². The molecule has 60 valence electrons. The van der Waals surface area contributed by atoms with E-state index in [9.17, 15) is 0 Å². The fourth-order valence-electron chi connectivity index (χ4n) is 0.825. The van der Waals surface area contributed by atoms with Crippen LogP contribution in [0.4, 0.5) is 0 Å². The highest BCUT2D eigenvalue weighted by Gasteiger charge is 2.19. The summed E-state index contributed by atoms with van der Waals surface area (Å²) in [5.41, 5.74) is 5.32. The third-order valence-corrected chi connectivity index (χ3v) is 1.50. The molecule has 1 rings (SSSR count). The Kier molecular flexibility index (Phi) is 3.08. The van der Waals surface area contributed by atoms with Crippen molar-refractivity contribution < 1.29 is 14.6 Å². The summed E-state index contributed by atoms with van der Waals surface area (Å²) in [4.78, 5) is 0. The van der Waals surface area contributed by atoms with Crippen LogP contribution in [0.25, 0.3) is 0 Å². The van der Waals surface area contributed by atoms with Gasteiger partial charge >= 0.3 is 0 Å². The van der Waals surface area contributed by atoms with Gasteiger partial charge in [-0.15, -0.1) is 0 Å². The highest BCUT2D eigenvalue weighted by Crippen LogP contribution is 2.04. The highest BCUT2D eigenvalue weighted by atomic mass is 16.6. The molecule has 3 N–H and O–H groups in total. The first kappa shape index (κ1) is 7.94. The summed E-state index contributed by atoms with van der Waals surface area (Å²) in [5.74, 6) is 0. The van der Waals surface area contributed by atoms with E-state index in [2.05, 4.69) is 0 Å². The maximum Gasteiger partial charge on any atom is 0.104 e. The molecule has 1 aliphatic heterocycles. The van der Waals surface area contributed by atoms with Crippen molar-refractivity contribution in [3.63, 3.8) is 0 Å². The van der Waals surface area contributed by atoms with Gasteiger partial charge in [0.05, 0.1) is 25.9 Å². The molecule has 0 aliphatic carbocycles. The molecule has 4 nitrogen and oxygen atoms in total. The van der Waals surface area contributed by atoms with Gasteiger partial charge in [-0.1, -0.05) is 0 Å². The maximum atomic E-state index is 8.61. The Bertz CT molecular complexity index is 79.0. The monoisotopic (exact) mass is 147 g/mol. The van der Waals surface area contributed by atoms with Crippen LogP contribution >= 0.6 is 0 Å². The summed E-state index contributed by atoms with van der Waals surface area (Å²) >= 11 is 0. The van der Waals surface area contributed by atoms with E-state index in [0.29, 0.717) is 19.8 Å². The predicted molar refractivity (Wildman–Crippen MR) is 35.6 cm³/mol. The van der Waals surface area contributed by atoms with Crippen LogP contribution < -0.4 is 5.73 Å². The number of hydrogen-bond donors (Lipinski definition) is 2. The van der Waals surface area contributed by atoms with Gasteiger partial charge in [0.1, 0.15) is 6.10 Å². The van der Waals surface area contributed by atoms with Crippen molar-refractivity contribution in [3.8, 4) is 0 Å². The van der Waals surface area contributed by atoms with Crippen molar-refractivity contribution in [2.75, 3.05) is 26.4 Å². The minimum atomic E-state index is -0.150. The van der Waals surface area contributed by atoms with E-state index >= 15 is 0 Å². The van der Waals surface area contributed by atoms with Crippen molar-refractivity contribution in [2.45, 2.75) is 12.2 Å². The van der Waals surface area contributed by atoms with Crippen LogP contribution in [0.15, 0.2) is 0 Å². The molecular weight excluding hydrogens is 134 g/mol. The molecule has 0 amide bonds. The molecule has 1 heterocycles. The number of nitrogens with two attached hydrogens (primary N) is 1. The van der Waals surface area contributed by atoms with E-state index < -0.39 is 0 Å². The highest BCUT2D eigenvalue weighted by molar-refractivity contribution is 4.66. The zero-order valence-electron chi connectivity index (χ0n) is 5.82. The van der Waals surface area contributed by atoms with E-state index in [4.69, 9.17) is 20.3 Å². The quantitative estimate of drug-likeness (QED) is 0.510. The second kappa shape index (κ2) is 3.88. The fourth-order valence-corrected chi connectivity index (χ4v) is 0.825. The summed E-state index contributed by atoms with van der Waals surface area (Å²) in [7, 11) is 0. The largest absolute Gasteiger partial charge is 0.394 e. The van der Waals surface area contributed by atoms with Gasteiger partial charge in [0, 0.05) is 6.54 Å². The van der Waals surface area contributed by atoms with Crippen LogP contribution in [0.3, 0.4) is 0 Å². The first-order valence-electron chi connectivity index (χ1n) is 3.41. The lowest BCUT2D eigenvalue weighted by molar-refractivity contribution is -0.141. The zero-order valence-corrected chi connectivity index (χ0v) is 5.82. The van der Waals surface area contributed by atoms with Crippen LogP contribution in [0.5, 0.6) is 0 Å². The average molecular weight is 147 g/mol. The SMILES string of the molecule is NCC1COC(CO)CO1. The molecule has 0 bridgehead atoms. The molecule has 0 radical (unpaired) electrons. The maximum absolute atomic E-state index is 8.61. The Balaban J connectivity index is 2.17. The molecule has 1 aliphatic rings. The van der Waals surface area contributed by atoms with Gasteiger partial charge < -0.3 is 20.3 Å². The number of hydrogen-bond acceptors (Lipinski definition) is 4. The summed E-state index contributed by atoms with van der Waals surface area (Å²) in [6, 6.07) is 0. The molecule has 0 aromatic heterocycles. The first-order valence-corrected chi connectivity index (χ1v) is 3.41. The lowest BCUT2D eigenvalue weighted by Gasteiger charge is -2.27.